The van der Waals surface area contributed by atoms with Crippen LogP contribution in [0.1, 0.15) is 5.56 Å². The molecule has 86 valence electrons. The van der Waals surface area contributed by atoms with Crippen LogP contribution in [0.5, 0.6) is 0 Å². The van der Waals surface area contributed by atoms with E-state index in [-0.39, 0.29) is 4.21 Å². The van der Waals surface area contributed by atoms with Crippen molar-refractivity contribution in [1.82, 2.24) is 0 Å². The van der Waals surface area contributed by atoms with E-state index in [9.17, 15) is 8.42 Å². The highest BCUT2D eigenvalue weighted by Crippen LogP contribution is 2.20. The molecule has 4 nitrogen and oxygen atoms in total. The number of nitrogens with zero attached hydrogens (tertiary/aromatic N) is 1. The van der Waals surface area contributed by atoms with E-state index in [0.717, 1.165) is 11.3 Å². The van der Waals surface area contributed by atoms with Gasteiger partial charge in [0, 0.05) is 0 Å². The Morgan fingerprint density at radius 1 is 1.24 bits per heavy atom. The zero-order valence-corrected chi connectivity index (χ0v) is 10.3. The second kappa shape index (κ2) is 4.57. The number of anilines is 1. The van der Waals surface area contributed by atoms with Gasteiger partial charge in [0.05, 0.1) is 17.3 Å². The molecule has 0 saturated heterocycles. The minimum atomic E-state index is -3.54. The lowest BCUT2D eigenvalue weighted by molar-refractivity contribution is 0.603. The molecule has 0 radical (unpaired) electrons. The van der Waals surface area contributed by atoms with Crippen molar-refractivity contribution in [2.75, 3.05) is 4.72 Å². The van der Waals surface area contributed by atoms with Gasteiger partial charge in [-0.3, -0.25) is 4.72 Å². The number of nitriles is 1. The van der Waals surface area contributed by atoms with Gasteiger partial charge in [0.2, 0.25) is 0 Å². The van der Waals surface area contributed by atoms with Gasteiger partial charge in [0.1, 0.15) is 4.21 Å². The minimum Gasteiger partial charge on any atom is -0.279 e. The Balaban J connectivity index is 2.30. The fraction of sp³-hybridized carbons (Fsp3) is 0. The molecule has 0 unspecified atom stereocenters. The molecule has 0 fully saturated rings. The lowest BCUT2D eigenvalue weighted by Crippen LogP contribution is -2.11. The van der Waals surface area contributed by atoms with Gasteiger partial charge in [-0.25, -0.2) is 8.42 Å². The maximum Gasteiger partial charge on any atom is 0.271 e. The lowest BCUT2D eigenvalue weighted by atomic mass is 10.2. The third-order valence-electron chi connectivity index (χ3n) is 2.00. The van der Waals surface area contributed by atoms with E-state index in [0.29, 0.717) is 11.3 Å². The van der Waals surface area contributed by atoms with Crippen molar-refractivity contribution in [2.45, 2.75) is 4.21 Å². The number of rotatable bonds is 3. The van der Waals surface area contributed by atoms with Crippen LogP contribution in [0, 0.1) is 11.3 Å². The van der Waals surface area contributed by atoms with Gasteiger partial charge in [-0.15, -0.1) is 11.3 Å². The van der Waals surface area contributed by atoms with Gasteiger partial charge in [0.15, 0.2) is 0 Å². The van der Waals surface area contributed by atoms with Crippen LogP contribution in [0.3, 0.4) is 0 Å². The summed E-state index contributed by atoms with van der Waals surface area (Å²) in [6, 6.07) is 11.5. The number of thiophene rings is 1. The Labute approximate surface area is 103 Å². The minimum absolute atomic E-state index is 0.250. The maximum absolute atomic E-state index is 11.9. The van der Waals surface area contributed by atoms with Crippen LogP contribution in [0.25, 0.3) is 0 Å². The summed E-state index contributed by atoms with van der Waals surface area (Å²) in [5, 5.41) is 10.4. The third-order valence-corrected chi connectivity index (χ3v) is 4.78. The van der Waals surface area contributed by atoms with Crippen LogP contribution < -0.4 is 4.72 Å². The average Bonchev–Trinajstić information content (AvgIpc) is 2.83. The highest BCUT2D eigenvalue weighted by molar-refractivity contribution is 7.94. The first-order chi connectivity index (χ1) is 8.12. The number of nitrogens with one attached hydrogen (secondary N) is 1. The Hall–Kier alpha value is -1.84. The highest BCUT2D eigenvalue weighted by Gasteiger charge is 2.14. The van der Waals surface area contributed by atoms with Gasteiger partial charge in [-0.1, -0.05) is 12.1 Å². The van der Waals surface area contributed by atoms with Crippen molar-refractivity contribution >= 4 is 27.0 Å². The fourth-order valence-corrected chi connectivity index (χ4v) is 3.32. The molecular formula is C11H8N2O2S2. The Bertz CT molecular complexity index is 655. The summed E-state index contributed by atoms with van der Waals surface area (Å²) < 4.78 is 26.4. The van der Waals surface area contributed by atoms with Gasteiger partial charge < -0.3 is 0 Å². The standard InChI is InChI=1S/C11H8N2O2S2/c12-8-9-3-1-4-10(7-9)13-17(14,15)11-5-2-6-16-11/h1-7,13H. The molecule has 0 bridgehead atoms. The van der Waals surface area contributed by atoms with E-state index in [4.69, 9.17) is 5.26 Å². The molecule has 0 saturated carbocycles. The molecule has 0 atom stereocenters. The second-order valence-corrected chi connectivity index (χ2v) is 6.09. The SMILES string of the molecule is N#Cc1cccc(NS(=O)(=O)c2cccs2)c1. The van der Waals surface area contributed by atoms with Crippen molar-refractivity contribution in [2.24, 2.45) is 0 Å². The summed E-state index contributed by atoms with van der Waals surface area (Å²) >= 11 is 1.14. The normalized spacial score (nSPS) is 10.8. The van der Waals surface area contributed by atoms with E-state index < -0.39 is 10.0 Å². The van der Waals surface area contributed by atoms with Crippen molar-refractivity contribution in [1.29, 1.82) is 5.26 Å². The monoisotopic (exact) mass is 264 g/mol. The first-order valence-corrected chi connectivity index (χ1v) is 7.04. The van der Waals surface area contributed by atoms with E-state index in [1.54, 1.807) is 29.6 Å². The summed E-state index contributed by atoms with van der Waals surface area (Å²) in [4.78, 5) is 0. The van der Waals surface area contributed by atoms with Crippen molar-refractivity contribution in [3.8, 4) is 6.07 Å². The van der Waals surface area contributed by atoms with Crippen LogP contribution in [0.15, 0.2) is 46.0 Å². The molecule has 1 aromatic heterocycles. The number of benzene rings is 1. The molecule has 6 heteroatoms. The quantitative estimate of drug-likeness (QED) is 0.925. The van der Waals surface area contributed by atoms with Crippen LogP contribution in [0.2, 0.25) is 0 Å². The van der Waals surface area contributed by atoms with E-state index in [1.807, 2.05) is 6.07 Å². The van der Waals surface area contributed by atoms with Crippen LogP contribution in [0.4, 0.5) is 5.69 Å². The van der Waals surface area contributed by atoms with Crippen LogP contribution in [-0.2, 0) is 10.0 Å². The summed E-state index contributed by atoms with van der Waals surface area (Å²) in [6.45, 7) is 0. The first kappa shape index (κ1) is 11.6. The number of hydrogen-bond donors (Lipinski definition) is 1. The molecule has 2 aromatic rings. The van der Waals surface area contributed by atoms with Crippen LogP contribution >= 0.6 is 11.3 Å². The Kier molecular flexibility index (Phi) is 3.13. The van der Waals surface area contributed by atoms with Gasteiger partial charge >= 0.3 is 0 Å². The number of hydrogen-bond acceptors (Lipinski definition) is 4. The molecule has 2 rings (SSSR count). The topological polar surface area (TPSA) is 70.0 Å². The molecule has 17 heavy (non-hydrogen) atoms. The molecular weight excluding hydrogens is 256 g/mol. The lowest BCUT2D eigenvalue weighted by Gasteiger charge is -2.05. The Morgan fingerprint density at radius 3 is 2.71 bits per heavy atom. The molecule has 1 heterocycles. The maximum atomic E-state index is 11.9. The summed E-state index contributed by atoms with van der Waals surface area (Å²) in [7, 11) is -3.54. The average molecular weight is 264 g/mol. The second-order valence-electron chi connectivity index (χ2n) is 3.23. The molecule has 1 N–H and O–H groups in total. The Morgan fingerprint density at radius 2 is 2.06 bits per heavy atom. The van der Waals surface area contributed by atoms with Gasteiger partial charge in [-0.05, 0) is 29.6 Å². The van der Waals surface area contributed by atoms with Crippen molar-refractivity contribution < 1.29 is 8.42 Å². The zero-order chi connectivity index (χ0) is 12.3. The number of sulfonamides is 1. The van der Waals surface area contributed by atoms with Gasteiger partial charge in [-0.2, -0.15) is 5.26 Å². The van der Waals surface area contributed by atoms with E-state index in [2.05, 4.69) is 4.72 Å². The zero-order valence-electron chi connectivity index (χ0n) is 8.62. The highest BCUT2D eigenvalue weighted by atomic mass is 32.2. The summed E-state index contributed by atoms with van der Waals surface area (Å²) in [6.07, 6.45) is 0. The molecule has 0 aliphatic rings. The molecule has 0 amide bonds. The summed E-state index contributed by atoms with van der Waals surface area (Å²) in [5.74, 6) is 0. The van der Waals surface area contributed by atoms with E-state index in [1.165, 1.54) is 12.1 Å². The molecule has 1 aromatic carbocycles. The predicted molar refractivity (Wildman–Crippen MR) is 66.3 cm³/mol. The smallest absolute Gasteiger partial charge is 0.271 e. The van der Waals surface area contributed by atoms with Gasteiger partial charge in [0.25, 0.3) is 10.0 Å². The largest absolute Gasteiger partial charge is 0.279 e. The first-order valence-electron chi connectivity index (χ1n) is 4.68. The predicted octanol–water partition coefficient (Wildman–Crippen LogP) is 2.42. The van der Waals surface area contributed by atoms with Crippen LogP contribution in [-0.4, -0.2) is 8.42 Å². The fourth-order valence-electron chi connectivity index (χ4n) is 1.27. The van der Waals surface area contributed by atoms with Crippen molar-refractivity contribution in [3.05, 3.63) is 47.3 Å². The molecule has 0 aliphatic carbocycles. The third kappa shape index (κ3) is 2.64. The van der Waals surface area contributed by atoms with Crippen molar-refractivity contribution in [3.63, 3.8) is 0 Å². The van der Waals surface area contributed by atoms with E-state index >= 15 is 0 Å². The molecule has 0 spiro atoms. The summed E-state index contributed by atoms with van der Waals surface area (Å²) in [5.41, 5.74) is 0.800. The molecule has 0 aliphatic heterocycles.